The molecule has 0 atom stereocenters. The van der Waals surface area contributed by atoms with Gasteiger partial charge in [0.2, 0.25) is 11.8 Å². The molecule has 0 fully saturated rings. The Hall–Kier alpha value is -6.14. The van der Waals surface area contributed by atoms with Crippen molar-refractivity contribution in [2.75, 3.05) is 44.6 Å². The van der Waals surface area contributed by atoms with Crippen LogP contribution in [-0.4, -0.2) is 60.9 Å². The molecule has 0 spiro atoms. The Morgan fingerprint density at radius 2 is 0.518 bits per heavy atom. The highest BCUT2D eigenvalue weighted by Crippen LogP contribution is 2.40. The summed E-state index contributed by atoms with van der Waals surface area (Å²) in [5.74, 6) is -0.518. The molecule has 0 aliphatic carbocycles. The number of carbonyl (C=O) groups is 3. The highest BCUT2D eigenvalue weighted by atomic mass is 127. The zero-order chi connectivity index (χ0) is 64.2. The molecule has 2 amide bonds. The molecule has 0 heterocycles. The van der Waals surface area contributed by atoms with Crippen LogP contribution in [0.25, 0.3) is 0 Å². The van der Waals surface area contributed by atoms with Crippen LogP contribution in [0.5, 0.6) is 0 Å². The van der Waals surface area contributed by atoms with Gasteiger partial charge in [-0.3, -0.25) is 14.4 Å². The number of carboxylic acid groups (broad SMARTS) is 1. The summed E-state index contributed by atoms with van der Waals surface area (Å²) >= 11 is 2.36. The third-order valence-electron chi connectivity index (χ3n) is 19.9. The third-order valence-corrected chi connectivity index (χ3v) is 21.4. The van der Waals surface area contributed by atoms with E-state index in [0.29, 0.717) is 12.8 Å². The van der Waals surface area contributed by atoms with Crippen molar-refractivity contribution < 1.29 is 19.5 Å². The van der Waals surface area contributed by atoms with E-state index in [9.17, 15) is 19.5 Å². The summed E-state index contributed by atoms with van der Waals surface area (Å²) in [6.07, 6.45) is 0.933. The monoisotopic (exact) mass is 1240 g/mol. The van der Waals surface area contributed by atoms with E-state index in [4.69, 9.17) is 5.73 Å². The van der Waals surface area contributed by atoms with E-state index < -0.39 is 5.97 Å². The van der Waals surface area contributed by atoms with Gasteiger partial charge in [0.15, 0.2) is 0 Å². The van der Waals surface area contributed by atoms with Crippen molar-refractivity contribution in [3.8, 4) is 0 Å². The highest BCUT2D eigenvalue weighted by Gasteiger charge is 2.24. The SMILES string of the molecule is Cc1c(C)c(C)c(CC(=O)N(C)C)c(I)c1C.Cc1c(C)c(C)c(N)c(C)c1C.Cc1c(C)c(C)c(Nc2c(C)c(C)c(C)c(C)c2CC(=O)N(C)C)c(C)c1C.Cc1c(C)c(C)c(Nc2c(C)c(C)c(C)c(C)c2CC(=O)O)c(C)c1C. The maximum absolute atomic E-state index is 12.6. The van der Waals surface area contributed by atoms with Crippen molar-refractivity contribution in [1.29, 1.82) is 0 Å². The van der Waals surface area contributed by atoms with Crippen molar-refractivity contribution in [2.45, 2.75) is 206 Å². The normalized spacial score (nSPS) is 10.8. The average molecular weight is 1240 g/mol. The number of carboxylic acids is 1. The van der Waals surface area contributed by atoms with Gasteiger partial charge in [0, 0.05) is 60.2 Å². The topological polar surface area (TPSA) is 128 Å². The van der Waals surface area contributed by atoms with Gasteiger partial charge >= 0.3 is 5.97 Å². The third kappa shape index (κ3) is 15.0. The molecule has 6 aromatic rings. The van der Waals surface area contributed by atoms with E-state index in [2.05, 4.69) is 213 Å². The van der Waals surface area contributed by atoms with E-state index in [1.807, 2.05) is 21.0 Å². The fourth-order valence-corrected chi connectivity index (χ4v) is 12.0. The number of nitrogens with one attached hydrogen (secondary N) is 2. The second kappa shape index (κ2) is 28.6. The minimum Gasteiger partial charge on any atom is -0.481 e. The van der Waals surface area contributed by atoms with Crippen LogP contribution in [0.3, 0.4) is 0 Å². The largest absolute Gasteiger partial charge is 0.481 e. The summed E-state index contributed by atoms with van der Waals surface area (Å²) in [5.41, 5.74) is 48.6. The minimum absolute atomic E-state index is 0.0258. The summed E-state index contributed by atoms with van der Waals surface area (Å²) in [6, 6.07) is 0. The van der Waals surface area contributed by atoms with Crippen LogP contribution in [0.1, 0.15) is 167 Å². The number of nitrogens with two attached hydrogens (primary N) is 1. The maximum atomic E-state index is 12.6. The van der Waals surface area contributed by atoms with E-state index in [1.54, 1.807) is 23.9 Å². The zero-order valence-corrected chi connectivity index (χ0v) is 59.3. The lowest BCUT2D eigenvalue weighted by atomic mass is 9.89. The molecule has 6 aromatic carbocycles. The summed E-state index contributed by atoms with van der Waals surface area (Å²) in [4.78, 5) is 39.2. The Bertz CT molecular complexity index is 3350. The van der Waals surface area contributed by atoms with Crippen molar-refractivity contribution in [3.63, 3.8) is 0 Å². The molecular formula is C73H104IN5O4. The number of halogens is 1. The second-order valence-corrected chi connectivity index (χ2v) is 25.4. The first kappa shape index (κ1) is 71.1. The average Bonchev–Trinajstić information content (AvgIpc) is 3.65. The lowest BCUT2D eigenvalue weighted by molar-refractivity contribution is -0.136. The molecule has 83 heavy (non-hydrogen) atoms. The number of hydrogen-bond acceptors (Lipinski definition) is 6. The zero-order valence-electron chi connectivity index (χ0n) is 57.1. The standard InChI is InChI=1S/C25H36N2O.C23H31NO2.C14H20INO.C11H17N/c1-13-15(3)19(7)24(20(8)16(13)4)26-25-21(9)17(5)14(2)18(6)22(25)12-23(28)27(10)11;1-11-13(3)17(7)22(18(8)14(11)4)24-23-19(9)15(5)12(2)16(6)20(23)10-21(25)26;1-8-9(2)11(4)14(15)12(10(8)3)7-13(17)16(5)6;1-6-7(2)9(4)11(12)10(5)8(6)3/h26H,12H2,1-11H3;24H,10H2,1-9H3,(H,25,26);7H2,1-6H3;12H2,1-5H3. The van der Waals surface area contributed by atoms with Crippen LogP contribution < -0.4 is 16.4 Å². The van der Waals surface area contributed by atoms with Gasteiger partial charge in [-0.2, -0.15) is 0 Å². The van der Waals surface area contributed by atoms with Crippen molar-refractivity contribution >= 4 is 68.8 Å². The van der Waals surface area contributed by atoms with Crippen LogP contribution in [0.15, 0.2) is 0 Å². The van der Waals surface area contributed by atoms with E-state index in [1.165, 1.54) is 154 Å². The van der Waals surface area contributed by atoms with Crippen LogP contribution in [-0.2, 0) is 33.6 Å². The molecule has 0 saturated carbocycles. The number of benzene rings is 6. The predicted molar refractivity (Wildman–Crippen MR) is 366 cm³/mol. The summed E-state index contributed by atoms with van der Waals surface area (Å²) in [5, 5.41) is 16.8. The van der Waals surface area contributed by atoms with Crippen LogP contribution >= 0.6 is 22.6 Å². The number of nitrogens with zero attached hydrogens (tertiary/aromatic N) is 2. The molecule has 0 saturated heterocycles. The predicted octanol–water partition coefficient (Wildman–Crippen LogP) is 17.6. The Morgan fingerprint density at radius 1 is 0.313 bits per heavy atom. The lowest BCUT2D eigenvalue weighted by Gasteiger charge is -2.26. The van der Waals surface area contributed by atoms with Crippen LogP contribution in [0, 0.1) is 191 Å². The molecule has 0 aliphatic heterocycles. The fourth-order valence-electron chi connectivity index (χ4n) is 11.0. The molecule has 9 nitrogen and oxygen atoms in total. The Labute approximate surface area is 516 Å². The van der Waals surface area contributed by atoms with Crippen LogP contribution in [0.2, 0.25) is 0 Å². The number of amides is 2. The van der Waals surface area contributed by atoms with Crippen LogP contribution in [0.4, 0.5) is 28.4 Å². The van der Waals surface area contributed by atoms with E-state index >= 15 is 0 Å². The molecule has 0 unspecified atom stereocenters. The quantitative estimate of drug-likeness (QED) is 0.0794. The molecule has 5 N–H and O–H groups in total. The van der Waals surface area contributed by atoms with Gasteiger partial charge in [-0.15, -0.1) is 0 Å². The maximum Gasteiger partial charge on any atom is 0.307 e. The summed E-state index contributed by atoms with van der Waals surface area (Å²) in [7, 11) is 7.25. The number of rotatable bonds is 10. The first-order valence-electron chi connectivity index (χ1n) is 29.2. The lowest BCUT2D eigenvalue weighted by Crippen LogP contribution is -2.24. The number of anilines is 5. The molecule has 0 aliphatic rings. The van der Waals surface area contributed by atoms with E-state index in [0.717, 1.165) is 45.0 Å². The first-order chi connectivity index (χ1) is 38.1. The number of hydrogen-bond donors (Lipinski definition) is 4. The molecular weight excluding hydrogens is 1140 g/mol. The van der Waals surface area contributed by atoms with Gasteiger partial charge < -0.3 is 31.3 Å². The smallest absolute Gasteiger partial charge is 0.307 e. The molecule has 0 bridgehead atoms. The van der Waals surface area contributed by atoms with Gasteiger partial charge in [0.1, 0.15) is 0 Å². The van der Waals surface area contributed by atoms with Crippen molar-refractivity contribution in [1.82, 2.24) is 9.80 Å². The summed E-state index contributed by atoms with van der Waals surface area (Å²) < 4.78 is 1.23. The summed E-state index contributed by atoms with van der Waals surface area (Å²) in [6.45, 7) is 57.7. The van der Waals surface area contributed by atoms with Gasteiger partial charge in [0.25, 0.3) is 0 Å². The Balaban J connectivity index is 0.000000303. The Morgan fingerprint density at radius 3 is 0.795 bits per heavy atom. The van der Waals surface area contributed by atoms with Gasteiger partial charge in [-0.1, -0.05) is 0 Å². The van der Waals surface area contributed by atoms with E-state index in [-0.39, 0.29) is 18.2 Å². The van der Waals surface area contributed by atoms with Crippen molar-refractivity contribution in [2.24, 2.45) is 0 Å². The molecule has 452 valence electrons. The number of aliphatic carboxylic acids is 1. The highest BCUT2D eigenvalue weighted by molar-refractivity contribution is 14.1. The first-order valence-corrected chi connectivity index (χ1v) is 30.2. The Kier molecular flexibility index (Phi) is 24.5. The van der Waals surface area contributed by atoms with Gasteiger partial charge in [0.05, 0.1) is 19.3 Å². The minimum atomic E-state index is -0.802. The fraction of sp³-hybridized carbons (Fsp3) is 0.466. The molecule has 10 heteroatoms. The second-order valence-electron chi connectivity index (χ2n) is 24.3. The number of likely N-dealkylation sites (N-methyl/N-ethyl adjacent to an activating group) is 2. The molecule has 0 aromatic heterocycles. The van der Waals surface area contributed by atoms with Gasteiger partial charge in [-0.25, -0.2) is 0 Å². The van der Waals surface area contributed by atoms with Crippen molar-refractivity contribution in [3.05, 3.63) is 170 Å². The van der Waals surface area contributed by atoms with Gasteiger partial charge in [-0.05, 0) is 376 Å². The molecule has 6 rings (SSSR count). The number of carbonyl (C=O) groups excluding carboxylic acids is 2. The molecule has 0 radical (unpaired) electrons. The number of nitrogen functional groups attached to an aromatic ring is 1.